The van der Waals surface area contributed by atoms with Gasteiger partial charge in [0.05, 0.1) is 0 Å². The number of nitriles is 1. The van der Waals surface area contributed by atoms with E-state index in [1.807, 2.05) is 19.1 Å². The van der Waals surface area contributed by atoms with Crippen molar-refractivity contribution < 1.29 is 9.53 Å². The molecule has 0 aliphatic heterocycles. The minimum absolute atomic E-state index is 0.0408. The van der Waals surface area contributed by atoms with Crippen molar-refractivity contribution in [2.45, 2.75) is 6.92 Å². The summed E-state index contributed by atoms with van der Waals surface area (Å²) in [6.45, 7) is 5.76. The van der Waals surface area contributed by atoms with E-state index in [4.69, 9.17) is 16.3 Å². The Kier molecular flexibility index (Phi) is 7.02. The Morgan fingerprint density at radius 1 is 1.38 bits per heavy atom. The van der Waals surface area contributed by atoms with E-state index < -0.39 is 5.91 Å². The lowest BCUT2D eigenvalue weighted by molar-refractivity contribution is -0.112. The van der Waals surface area contributed by atoms with E-state index in [0.29, 0.717) is 28.6 Å². The number of ether oxygens (including phenoxy) is 1. The molecule has 0 aliphatic rings. The summed E-state index contributed by atoms with van der Waals surface area (Å²) >= 11 is 9.31. The van der Waals surface area contributed by atoms with E-state index in [1.165, 1.54) is 6.08 Å². The van der Waals surface area contributed by atoms with Crippen molar-refractivity contribution in [3.8, 4) is 11.8 Å². The van der Waals surface area contributed by atoms with Crippen molar-refractivity contribution in [3.63, 3.8) is 0 Å². The van der Waals surface area contributed by atoms with E-state index in [2.05, 4.69) is 27.8 Å². The topological polar surface area (TPSA) is 62.1 Å². The number of hydrogen-bond acceptors (Lipinski definition) is 3. The molecule has 0 atom stereocenters. The van der Waals surface area contributed by atoms with Crippen LogP contribution in [0.3, 0.4) is 0 Å². The lowest BCUT2D eigenvalue weighted by Crippen LogP contribution is -2.14. The zero-order valence-electron chi connectivity index (χ0n) is 14.1. The molecule has 0 bridgehead atoms. The number of rotatable bonds is 6. The van der Waals surface area contributed by atoms with Gasteiger partial charge in [0.15, 0.2) is 0 Å². The first kappa shape index (κ1) is 19.8. The molecule has 0 aliphatic carbocycles. The summed E-state index contributed by atoms with van der Waals surface area (Å²) in [5.74, 6) is 0.0453. The third kappa shape index (κ3) is 5.22. The van der Waals surface area contributed by atoms with Crippen LogP contribution in [0.25, 0.3) is 6.08 Å². The van der Waals surface area contributed by atoms with Gasteiger partial charge < -0.3 is 10.1 Å². The molecule has 2 aromatic rings. The Morgan fingerprint density at radius 3 is 2.81 bits per heavy atom. The van der Waals surface area contributed by atoms with Gasteiger partial charge in [-0.05, 0) is 55.0 Å². The number of carbonyl (C=O) groups excluding carboxylic acids is 1. The second kappa shape index (κ2) is 9.23. The normalized spacial score (nSPS) is 10.8. The third-order valence-corrected chi connectivity index (χ3v) is 4.16. The first-order chi connectivity index (χ1) is 12.4. The fourth-order valence-electron chi connectivity index (χ4n) is 2.17. The molecule has 0 saturated carbocycles. The number of aryl methyl sites for hydroxylation is 1. The van der Waals surface area contributed by atoms with Gasteiger partial charge in [0.25, 0.3) is 5.91 Å². The van der Waals surface area contributed by atoms with Gasteiger partial charge in [0.1, 0.15) is 24.0 Å². The molecule has 1 amide bonds. The highest BCUT2D eigenvalue weighted by Crippen LogP contribution is 2.26. The predicted octanol–water partition coefficient (Wildman–Crippen LogP) is 5.52. The number of benzene rings is 2. The Morgan fingerprint density at radius 2 is 2.15 bits per heavy atom. The number of carbonyl (C=O) groups is 1. The molecule has 0 fully saturated rings. The summed E-state index contributed by atoms with van der Waals surface area (Å²) in [4.78, 5) is 12.5. The van der Waals surface area contributed by atoms with Crippen LogP contribution < -0.4 is 10.1 Å². The molecule has 0 aromatic heterocycles. The number of anilines is 1. The largest absolute Gasteiger partial charge is 0.489 e. The van der Waals surface area contributed by atoms with Crippen molar-refractivity contribution in [1.82, 2.24) is 0 Å². The maximum atomic E-state index is 12.5. The molecule has 6 heteroatoms. The average molecular weight is 432 g/mol. The number of nitrogens with one attached hydrogen (secondary N) is 1. The monoisotopic (exact) mass is 430 g/mol. The fourth-order valence-corrected chi connectivity index (χ4v) is 2.78. The molecule has 1 N–H and O–H groups in total. The van der Waals surface area contributed by atoms with Gasteiger partial charge >= 0.3 is 0 Å². The highest BCUT2D eigenvalue weighted by atomic mass is 79.9. The Labute approximate surface area is 165 Å². The van der Waals surface area contributed by atoms with Crippen LogP contribution in [0.4, 0.5) is 5.69 Å². The first-order valence-corrected chi connectivity index (χ1v) is 8.84. The van der Waals surface area contributed by atoms with Gasteiger partial charge in [0, 0.05) is 20.7 Å². The lowest BCUT2D eigenvalue weighted by atomic mass is 10.1. The smallest absolute Gasteiger partial charge is 0.266 e. The summed E-state index contributed by atoms with van der Waals surface area (Å²) in [6.07, 6.45) is 3.11. The van der Waals surface area contributed by atoms with Crippen molar-refractivity contribution >= 4 is 45.2 Å². The number of amides is 1. The number of halogens is 2. The van der Waals surface area contributed by atoms with Crippen LogP contribution in [0, 0.1) is 18.3 Å². The van der Waals surface area contributed by atoms with Crippen molar-refractivity contribution in [2.75, 3.05) is 11.9 Å². The van der Waals surface area contributed by atoms with Crippen LogP contribution in [0.1, 0.15) is 11.1 Å². The van der Waals surface area contributed by atoms with Crippen LogP contribution in [0.15, 0.2) is 59.1 Å². The van der Waals surface area contributed by atoms with E-state index >= 15 is 0 Å². The Bertz CT molecular complexity index is 917. The van der Waals surface area contributed by atoms with Gasteiger partial charge in [-0.3, -0.25) is 4.79 Å². The summed E-state index contributed by atoms with van der Waals surface area (Å²) in [5, 5.41) is 12.7. The molecule has 0 radical (unpaired) electrons. The predicted molar refractivity (Wildman–Crippen MR) is 108 cm³/mol. The maximum Gasteiger partial charge on any atom is 0.266 e. The summed E-state index contributed by atoms with van der Waals surface area (Å²) in [5.41, 5.74) is 1.97. The Hall–Kier alpha value is -2.55. The third-order valence-electron chi connectivity index (χ3n) is 3.43. The van der Waals surface area contributed by atoms with Crippen molar-refractivity contribution in [1.29, 1.82) is 5.26 Å². The van der Waals surface area contributed by atoms with Gasteiger partial charge in [-0.1, -0.05) is 40.2 Å². The van der Waals surface area contributed by atoms with Crippen LogP contribution in [-0.4, -0.2) is 12.5 Å². The molecule has 2 aromatic carbocycles. The lowest BCUT2D eigenvalue weighted by Gasteiger charge is -2.10. The van der Waals surface area contributed by atoms with Crippen LogP contribution in [0.5, 0.6) is 5.75 Å². The van der Waals surface area contributed by atoms with E-state index in [9.17, 15) is 10.1 Å². The van der Waals surface area contributed by atoms with Crippen molar-refractivity contribution in [3.05, 3.63) is 75.2 Å². The highest BCUT2D eigenvalue weighted by Gasteiger charge is 2.13. The minimum Gasteiger partial charge on any atom is -0.489 e. The van der Waals surface area contributed by atoms with Gasteiger partial charge in [0.2, 0.25) is 0 Å². The second-order valence-electron chi connectivity index (χ2n) is 5.37. The molecular weight excluding hydrogens is 416 g/mol. The van der Waals surface area contributed by atoms with Gasteiger partial charge in [-0.2, -0.15) is 5.26 Å². The molecule has 0 saturated heterocycles. The summed E-state index contributed by atoms with van der Waals surface area (Å²) in [7, 11) is 0. The SMILES string of the molecule is C=CCOc1ccc(Br)cc1/C=C(\C#N)C(=O)Nc1ccc(Cl)cc1C. The molecule has 26 heavy (non-hydrogen) atoms. The molecule has 0 spiro atoms. The fraction of sp³-hybridized carbons (Fsp3) is 0.100. The molecule has 4 nitrogen and oxygen atoms in total. The zero-order chi connectivity index (χ0) is 19.1. The summed E-state index contributed by atoms with van der Waals surface area (Å²) < 4.78 is 6.38. The second-order valence-corrected chi connectivity index (χ2v) is 6.72. The molecule has 0 heterocycles. The van der Waals surface area contributed by atoms with Gasteiger partial charge in [-0.25, -0.2) is 0 Å². The van der Waals surface area contributed by atoms with Crippen LogP contribution in [0.2, 0.25) is 5.02 Å². The van der Waals surface area contributed by atoms with Gasteiger partial charge in [-0.15, -0.1) is 0 Å². The van der Waals surface area contributed by atoms with Crippen LogP contribution in [-0.2, 0) is 4.79 Å². The number of nitrogens with zero attached hydrogens (tertiary/aromatic N) is 1. The summed E-state index contributed by atoms with van der Waals surface area (Å²) in [6, 6.07) is 12.4. The van der Waals surface area contributed by atoms with E-state index in [-0.39, 0.29) is 5.57 Å². The minimum atomic E-state index is -0.507. The maximum absolute atomic E-state index is 12.5. The van der Waals surface area contributed by atoms with Crippen LogP contribution >= 0.6 is 27.5 Å². The average Bonchev–Trinajstić information content (AvgIpc) is 2.61. The first-order valence-electron chi connectivity index (χ1n) is 7.67. The molecule has 132 valence electrons. The Balaban J connectivity index is 2.32. The standard InChI is InChI=1S/C20H16BrClN2O2/c1-3-8-26-19-7-4-16(21)11-14(19)10-15(12-23)20(25)24-18-6-5-17(22)9-13(18)2/h3-7,9-11H,1,8H2,2H3,(H,24,25)/b15-10+. The highest BCUT2D eigenvalue weighted by molar-refractivity contribution is 9.10. The van der Waals surface area contributed by atoms with E-state index in [0.717, 1.165) is 10.0 Å². The van der Waals surface area contributed by atoms with E-state index in [1.54, 1.807) is 36.4 Å². The molecule has 2 rings (SSSR count). The molecule has 0 unspecified atom stereocenters. The molecular formula is C20H16BrClN2O2. The van der Waals surface area contributed by atoms with Crippen molar-refractivity contribution in [2.24, 2.45) is 0 Å². The quantitative estimate of drug-likeness (QED) is 0.372. The number of hydrogen-bond donors (Lipinski definition) is 1. The zero-order valence-corrected chi connectivity index (χ0v) is 16.4.